The van der Waals surface area contributed by atoms with Gasteiger partial charge in [0.2, 0.25) is 0 Å². The van der Waals surface area contributed by atoms with E-state index in [1.165, 1.54) is 6.07 Å². The topological polar surface area (TPSA) is 59.3 Å². The molecular weight excluding hydrogens is 273 g/mol. The van der Waals surface area contributed by atoms with Crippen LogP contribution in [0.15, 0.2) is 23.0 Å². The average molecular weight is 282 g/mol. The molecule has 2 aromatic rings. The van der Waals surface area contributed by atoms with Gasteiger partial charge in [-0.05, 0) is 25.0 Å². The Bertz CT molecular complexity index is 765. The number of halogens is 2. The van der Waals surface area contributed by atoms with E-state index in [1.807, 2.05) is 0 Å². The monoisotopic (exact) mass is 281 g/mol. The molecule has 1 aliphatic rings. The largest absolute Gasteiger partial charge is 0.477 e. The number of hydrogen-bond donors (Lipinski definition) is 1. The van der Waals surface area contributed by atoms with Crippen molar-refractivity contribution in [3.05, 3.63) is 45.0 Å². The van der Waals surface area contributed by atoms with Crippen LogP contribution in [0, 0.1) is 5.82 Å². The summed E-state index contributed by atoms with van der Waals surface area (Å²) in [5.41, 5.74) is -0.221. The van der Waals surface area contributed by atoms with Crippen molar-refractivity contribution < 1.29 is 14.3 Å². The standard InChI is InChI=1S/C13H9ClFNO3/c14-8-4-10-7(3-9(8)15)12(17)5-11(13(18)19)16(10)6-1-2-6/h3-6H,1-2H2,(H,18,19). The molecule has 19 heavy (non-hydrogen) atoms. The minimum atomic E-state index is -1.17. The predicted octanol–water partition coefficient (Wildman–Crippen LogP) is 2.83. The van der Waals surface area contributed by atoms with Crippen molar-refractivity contribution in [2.45, 2.75) is 18.9 Å². The Morgan fingerprint density at radius 1 is 1.37 bits per heavy atom. The third kappa shape index (κ3) is 1.90. The summed E-state index contributed by atoms with van der Waals surface area (Å²) >= 11 is 5.73. The maximum Gasteiger partial charge on any atom is 0.352 e. The van der Waals surface area contributed by atoms with E-state index < -0.39 is 17.2 Å². The van der Waals surface area contributed by atoms with E-state index in [1.54, 1.807) is 4.57 Å². The van der Waals surface area contributed by atoms with E-state index in [0.717, 1.165) is 25.0 Å². The van der Waals surface area contributed by atoms with E-state index in [-0.39, 0.29) is 22.1 Å². The highest BCUT2D eigenvalue weighted by molar-refractivity contribution is 6.31. The van der Waals surface area contributed by atoms with E-state index in [2.05, 4.69) is 0 Å². The van der Waals surface area contributed by atoms with Crippen molar-refractivity contribution in [2.24, 2.45) is 0 Å². The van der Waals surface area contributed by atoms with Gasteiger partial charge in [-0.25, -0.2) is 9.18 Å². The molecule has 1 heterocycles. The van der Waals surface area contributed by atoms with Crippen LogP contribution in [0.3, 0.4) is 0 Å². The van der Waals surface area contributed by atoms with Crippen molar-refractivity contribution in [2.75, 3.05) is 0 Å². The third-order valence-electron chi connectivity index (χ3n) is 3.22. The van der Waals surface area contributed by atoms with Gasteiger partial charge in [-0.3, -0.25) is 4.79 Å². The van der Waals surface area contributed by atoms with E-state index >= 15 is 0 Å². The summed E-state index contributed by atoms with van der Waals surface area (Å²) in [6.07, 6.45) is 1.68. The molecule has 1 fully saturated rings. The highest BCUT2D eigenvalue weighted by Crippen LogP contribution is 2.38. The SMILES string of the molecule is O=C(O)c1cc(=O)c2cc(F)c(Cl)cc2n1C1CC1. The predicted molar refractivity (Wildman–Crippen MR) is 68.4 cm³/mol. The molecule has 6 heteroatoms. The van der Waals surface area contributed by atoms with Gasteiger partial charge in [-0.15, -0.1) is 0 Å². The molecule has 4 nitrogen and oxygen atoms in total. The number of carbonyl (C=O) groups is 1. The quantitative estimate of drug-likeness (QED) is 0.921. The Morgan fingerprint density at radius 3 is 2.63 bits per heavy atom. The Balaban J connectivity index is 2.47. The number of pyridine rings is 1. The van der Waals surface area contributed by atoms with Gasteiger partial charge in [0.1, 0.15) is 11.5 Å². The van der Waals surface area contributed by atoms with E-state index in [9.17, 15) is 19.1 Å². The smallest absolute Gasteiger partial charge is 0.352 e. The number of nitrogens with zero attached hydrogens (tertiary/aromatic N) is 1. The van der Waals surface area contributed by atoms with Crippen LogP contribution in [0.4, 0.5) is 4.39 Å². The third-order valence-corrected chi connectivity index (χ3v) is 3.51. The lowest BCUT2D eigenvalue weighted by atomic mass is 10.1. The number of aromatic carboxylic acids is 1. The van der Waals surface area contributed by atoms with Gasteiger partial charge < -0.3 is 9.67 Å². The molecule has 1 saturated carbocycles. The summed E-state index contributed by atoms with van der Waals surface area (Å²) in [7, 11) is 0. The summed E-state index contributed by atoms with van der Waals surface area (Å²) < 4.78 is 15.0. The van der Waals surface area contributed by atoms with E-state index in [4.69, 9.17) is 11.6 Å². The van der Waals surface area contributed by atoms with Crippen LogP contribution in [0.2, 0.25) is 5.02 Å². The molecule has 98 valence electrons. The van der Waals surface area contributed by atoms with Crippen LogP contribution < -0.4 is 5.43 Å². The number of carboxylic acids is 1. The molecule has 0 spiro atoms. The molecule has 0 amide bonds. The summed E-state index contributed by atoms with van der Waals surface area (Å²) in [6, 6.07) is 3.45. The molecule has 3 rings (SSSR count). The second-order valence-electron chi connectivity index (χ2n) is 4.58. The molecule has 0 saturated heterocycles. The Labute approximate surface area is 112 Å². The molecular formula is C13H9ClFNO3. The molecule has 1 aromatic heterocycles. The van der Waals surface area contributed by atoms with Crippen molar-refractivity contribution in [3.8, 4) is 0 Å². The second-order valence-corrected chi connectivity index (χ2v) is 4.99. The fourth-order valence-corrected chi connectivity index (χ4v) is 2.38. The first kappa shape index (κ1) is 12.2. The maximum absolute atomic E-state index is 13.4. The highest BCUT2D eigenvalue weighted by Gasteiger charge is 2.29. The number of rotatable bonds is 2. The van der Waals surface area contributed by atoms with Crippen LogP contribution in [0.5, 0.6) is 0 Å². The summed E-state index contributed by atoms with van der Waals surface area (Å²) in [4.78, 5) is 23.1. The number of hydrogen-bond acceptors (Lipinski definition) is 2. The number of carboxylic acid groups (broad SMARTS) is 1. The average Bonchev–Trinajstić information content (AvgIpc) is 3.15. The zero-order valence-electron chi connectivity index (χ0n) is 9.69. The Kier molecular flexibility index (Phi) is 2.60. The minimum Gasteiger partial charge on any atom is -0.477 e. The lowest BCUT2D eigenvalue weighted by molar-refractivity contribution is 0.0684. The first-order valence-corrected chi connectivity index (χ1v) is 6.14. The lowest BCUT2D eigenvalue weighted by Gasteiger charge is -2.14. The first-order chi connectivity index (χ1) is 8.99. The summed E-state index contributed by atoms with van der Waals surface area (Å²) in [5.74, 6) is -1.86. The molecule has 0 aliphatic heterocycles. The maximum atomic E-state index is 13.4. The van der Waals surface area contributed by atoms with Crippen LogP contribution in [0.25, 0.3) is 10.9 Å². The van der Waals surface area contributed by atoms with Crippen molar-refractivity contribution in [1.82, 2.24) is 4.57 Å². The molecule has 0 bridgehead atoms. The number of benzene rings is 1. The zero-order chi connectivity index (χ0) is 13.7. The molecule has 1 N–H and O–H groups in total. The van der Waals surface area contributed by atoms with Gasteiger partial charge in [-0.2, -0.15) is 0 Å². The van der Waals surface area contributed by atoms with Crippen molar-refractivity contribution >= 4 is 28.5 Å². The number of aromatic nitrogens is 1. The Hall–Kier alpha value is -1.88. The molecule has 0 radical (unpaired) electrons. The molecule has 0 atom stereocenters. The van der Waals surface area contributed by atoms with Gasteiger partial charge in [0.25, 0.3) is 0 Å². The van der Waals surface area contributed by atoms with Crippen LogP contribution in [-0.4, -0.2) is 15.6 Å². The van der Waals surface area contributed by atoms with Crippen molar-refractivity contribution in [1.29, 1.82) is 0 Å². The normalized spacial score (nSPS) is 14.8. The van der Waals surface area contributed by atoms with Gasteiger partial charge in [-0.1, -0.05) is 11.6 Å². The Morgan fingerprint density at radius 2 is 2.05 bits per heavy atom. The highest BCUT2D eigenvalue weighted by atomic mass is 35.5. The molecule has 1 aromatic carbocycles. The fraction of sp³-hybridized carbons (Fsp3) is 0.231. The lowest BCUT2D eigenvalue weighted by Crippen LogP contribution is -2.17. The van der Waals surface area contributed by atoms with E-state index in [0.29, 0.717) is 5.52 Å². The van der Waals surface area contributed by atoms with Crippen molar-refractivity contribution in [3.63, 3.8) is 0 Å². The second kappa shape index (κ2) is 4.06. The van der Waals surface area contributed by atoms with Gasteiger partial charge in [0, 0.05) is 17.5 Å². The molecule has 1 aliphatic carbocycles. The van der Waals surface area contributed by atoms with Gasteiger partial charge in [0.15, 0.2) is 5.43 Å². The summed E-state index contributed by atoms with van der Waals surface area (Å²) in [6.45, 7) is 0. The van der Waals surface area contributed by atoms with Crippen LogP contribution in [-0.2, 0) is 0 Å². The minimum absolute atomic E-state index is 0.0377. The van der Waals surface area contributed by atoms with Crippen LogP contribution >= 0.6 is 11.6 Å². The van der Waals surface area contributed by atoms with Crippen LogP contribution in [0.1, 0.15) is 29.4 Å². The fourth-order valence-electron chi connectivity index (χ4n) is 2.23. The zero-order valence-corrected chi connectivity index (χ0v) is 10.4. The van der Waals surface area contributed by atoms with Gasteiger partial charge >= 0.3 is 5.97 Å². The van der Waals surface area contributed by atoms with Gasteiger partial charge in [0.05, 0.1) is 10.5 Å². The first-order valence-electron chi connectivity index (χ1n) is 5.76. The summed E-state index contributed by atoms with van der Waals surface area (Å²) in [5, 5.41) is 9.21. The molecule has 0 unspecified atom stereocenters. The number of fused-ring (bicyclic) bond motifs is 1.